The molecular formula is C17H14O6. The van der Waals surface area contributed by atoms with Crippen molar-refractivity contribution in [3.05, 3.63) is 53.6 Å². The van der Waals surface area contributed by atoms with Crippen molar-refractivity contribution in [3.63, 3.8) is 0 Å². The van der Waals surface area contributed by atoms with Crippen LogP contribution in [0.3, 0.4) is 0 Å². The summed E-state index contributed by atoms with van der Waals surface area (Å²) in [5, 5.41) is 19.0. The Morgan fingerprint density at radius 2 is 1.74 bits per heavy atom. The van der Waals surface area contributed by atoms with E-state index in [2.05, 4.69) is 0 Å². The van der Waals surface area contributed by atoms with Crippen molar-refractivity contribution in [2.24, 2.45) is 0 Å². The molecule has 3 rings (SSSR count). The van der Waals surface area contributed by atoms with Gasteiger partial charge < -0.3 is 19.7 Å². The van der Waals surface area contributed by atoms with Crippen LogP contribution < -0.4 is 4.74 Å². The molecule has 6 heteroatoms. The normalized spacial score (nSPS) is 19.6. The van der Waals surface area contributed by atoms with Gasteiger partial charge in [-0.3, -0.25) is 9.59 Å². The maximum absolute atomic E-state index is 12.6. The van der Waals surface area contributed by atoms with Crippen molar-refractivity contribution in [1.29, 1.82) is 0 Å². The average molecular weight is 314 g/mol. The first kappa shape index (κ1) is 14.9. The van der Waals surface area contributed by atoms with Crippen molar-refractivity contribution in [1.82, 2.24) is 0 Å². The summed E-state index contributed by atoms with van der Waals surface area (Å²) in [6, 6.07) is 10.2. The fourth-order valence-electron chi connectivity index (χ4n) is 2.50. The molecule has 0 radical (unpaired) electrons. The molecule has 2 aromatic rings. The van der Waals surface area contributed by atoms with Crippen LogP contribution in [0.5, 0.6) is 17.2 Å². The SMILES string of the molecule is CC(=O)OC1C(=O)c2ccc(O)cc2OC1c1ccc(O)cc1. The minimum atomic E-state index is -1.13. The molecule has 1 aliphatic heterocycles. The van der Waals surface area contributed by atoms with Crippen molar-refractivity contribution >= 4 is 11.8 Å². The molecule has 1 heterocycles. The van der Waals surface area contributed by atoms with Crippen molar-refractivity contribution in [3.8, 4) is 17.2 Å². The summed E-state index contributed by atoms with van der Waals surface area (Å²) in [5.41, 5.74) is 0.806. The summed E-state index contributed by atoms with van der Waals surface area (Å²) in [7, 11) is 0. The largest absolute Gasteiger partial charge is 0.508 e. The van der Waals surface area contributed by atoms with E-state index in [4.69, 9.17) is 9.47 Å². The molecule has 6 nitrogen and oxygen atoms in total. The molecule has 0 aromatic heterocycles. The summed E-state index contributed by atoms with van der Waals surface area (Å²) < 4.78 is 10.9. The number of esters is 1. The summed E-state index contributed by atoms with van der Waals surface area (Å²) in [6.07, 6.45) is -1.99. The third kappa shape index (κ3) is 2.83. The minimum Gasteiger partial charge on any atom is -0.508 e. The molecule has 2 aromatic carbocycles. The molecule has 0 aliphatic carbocycles. The van der Waals surface area contributed by atoms with Crippen molar-refractivity contribution < 1.29 is 29.3 Å². The first-order valence-electron chi connectivity index (χ1n) is 6.96. The van der Waals surface area contributed by atoms with Gasteiger partial charge in [-0.2, -0.15) is 0 Å². The highest BCUT2D eigenvalue weighted by atomic mass is 16.6. The van der Waals surface area contributed by atoms with Crippen molar-refractivity contribution in [2.75, 3.05) is 0 Å². The number of hydrogen-bond acceptors (Lipinski definition) is 6. The third-order valence-electron chi connectivity index (χ3n) is 3.53. The Morgan fingerprint density at radius 3 is 2.39 bits per heavy atom. The molecule has 0 amide bonds. The number of hydrogen-bond donors (Lipinski definition) is 2. The van der Waals surface area contributed by atoms with Gasteiger partial charge in [0, 0.05) is 13.0 Å². The molecule has 0 spiro atoms. The Bertz CT molecular complexity index is 765. The van der Waals surface area contributed by atoms with Gasteiger partial charge >= 0.3 is 5.97 Å². The maximum Gasteiger partial charge on any atom is 0.303 e. The lowest BCUT2D eigenvalue weighted by Gasteiger charge is -2.32. The van der Waals surface area contributed by atoms with Crippen LogP contribution in [0.25, 0.3) is 0 Å². The second-order valence-electron chi connectivity index (χ2n) is 5.20. The van der Waals surface area contributed by atoms with Crippen LogP contribution in [0, 0.1) is 0 Å². The van der Waals surface area contributed by atoms with E-state index in [0.717, 1.165) is 0 Å². The molecule has 2 unspecified atom stereocenters. The molecule has 0 fully saturated rings. The monoisotopic (exact) mass is 314 g/mol. The maximum atomic E-state index is 12.6. The molecular weight excluding hydrogens is 300 g/mol. The molecule has 0 saturated carbocycles. The number of rotatable bonds is 2. The lowest BCUT2D eigenvalue weighted by Crippen LogP contribution is -2.39. The van der Waals surface area contributed by atoms with Crippen LogP contribution in [0.4, 0.5) is 0 Å². The summed E-state index contributed by atoms with van der Waals surface area (Å²) in [4.78, 5) is 24.0. The van der Waals surface area contributed by atoms with Gasteiger partial charge in [-0.15, -0.1) is 0 Å². The molecule has 2 N–H and O–H groups in total. The van der Waals surface area contributed by atoms with E-state index in [1.165, 1.54) is 37.3 Å². The van der Waals surface area contributed by atoms with Gasteiger partial charge in [-0.25, -0.2) is 0 Å². The molecule has 0 bridgehead atoms. The van der Waals surface area contributed by atoms with E-state index in [0.29, 0.717) is 5.56 Å². The number of aromatic hydroxyl groups is 2. The van der Waals surface area contributed by atoms with Gasteiger partial charge in [0.05, 0.1) is 5.56 Å². The topological polar surface area (TPSA) is 93.1 Å². The Hall–Kier alpha value is -3.02. The highest BCUT2D eigenvalue weighted by Crippen LogP contribution is 2.38. The van der Waals surface area contributed by atoms with Crippen LogP contribution in [0.2, 0.25) is 0 Å². The predicted octanol–water partition coefficient (Wildman–Crippen LogP) is 2.35. The van der Waals surface area contributed by atoms with Gasteiger partial charge in [0.2, 0.25) is 11.9 Å². The predicted molar refractivity (Wildman–Crippen MR) is 79.5 cm³/mol. The zero-order valence-electron chi connectivity index (χ0n) is 12.2. The number of ketones is 1. The lowest BCUT2D eigenvalue weighted by molar-refractivity contribution is -0.148. The standard InChI is InChI=1S/C17H14O6/c1-9(18)22-17-15(21)13-7-6-12(20)8-14(13)23-16(17)10-2-4-11(19)5-3-10/h2-8,16-17,19-20H,1H3. The number of carbonyl (C=O) groups is 2. The number of fused-ring (bicyclic) bond motifs is 1. The molecule has 2 atom stereocenters. The third-order valence-corrected chi connectivity index (χ3v) is 3.53. The summed E-state index contributed by atoms with van der Waals surface area (Å²) in [5.74, 6) is -0.751. The fraction of sp³-hybridized carbons (Fsp3) is 0.176. The van der Waals surface area contributed by atoms with E-state index in [1.807, 2.05) is 0 Å². The molecule has 118 valence electrons. The number of Topliss-reactive ketones (excluding diaryl/α,β-unsaturated/α-hetero) is 1. The second-order valence-corrected chi connectivity index (χ2v) is 5.20. The van der Waals surface area contributed by atoms with Crippen LogP contribution in [0.15, 0.2) is 42.5 Å². The number of phenols is 2. The zero-order chi connectivity index (χ0) is 16.6. The Labute approximate surface area is 131 Å². The first-order valence-corrected chi connectivity index (χ1v) is 6.96. The Morgan fingerprint density at radius 1 is 1.09 bits per heavy atom. The quantitative estimate of drug-likeness (QED) is 0.827. The fourth-order valence-corrected chi connectivity index (χ4v) is 2.50. The van der Waals surface area contributed by atoms with Gasteiger partial charge in [-0.1, -0.05) is 12.1 Å². The van der Waals surface area contributed by atoms with Gasteiger partial charge in [0.15, 0.2) is 6.10 Å². The van der Waals surface area contributed by atoms with Gasteiger partial charge in [0.1, 0.15) is 17.2 Å². The number of carbonyl (C=O) groups excluding carboxylic acids is 2. The Kier molecular flexibility index (Phi) is 3.65. The minimum absolute atomic E-state index is 0.0352. The first-order chi connectivity index (χ1) is 11.0. The van der Waals surface area contributed by atoms with E-state index in [9.17, 15) is 19.8 Å². The van der Waals surface area contributed by atoms with Crippen LogP contribution in [-0.4, -0.2) is 28.1 Å². The number of benzene rings is 2. The van der Waals surface area contributed by atoms with E-state index >= 15 is 0 Å². The van der Waals surface area contributed by atoms with Crippen LogP contribution in [0.1, 0.15) is 28.9 Å². The van der Waals surface area contributed by atoms with Crippen molar-refractivity contribution in [2.45, 2.75) is 19.1 Å². The highest BCUT2D eigenvalue weighted by molar-refractivity contribution is 6.04. The van der Waals surface area contributed by atoms with Gasteiger partial charge in [0.25, 0.3) is 0 Å². The lowest BCUT2D eigenvalue weighted by atomic mass is 9.93. The van der Waals surface area contributed by atoms with E-state index in [1.54, 1.807) is 12.1 Å². The molecule has 1 aliphatic rings. The zero-order valence-corrected chi connectivity index (χ0v) is 12.2. The van der Waals surface area contributed by atoms with Crippen LogP contribution >= 0.6 is 0 Å². The number of ether oxygens (including phenoxy) is 2. The summed E-state index contributed by atoms with van der Waals surface area (Å²) >= 11 is 0. The van der Waals surface area contributed by atoms with E-state index < -0.39 is 24.0 Å². The highest BCUT2D eigenvalue weighted by Gasteiger charge is 2.40. The Balaban J connectivity index is 2.06. The molecule has 0 saturated heterocycles. The summed E-state index contributed by atoms with van der Waals surface area (Å²) in [6.45, 7) is 1.22. The second kappa shape index (κ2) is 5.64. The number of phenolic OH excluding ortho intramolecular Hbond substituents is 2. The average Bonchev–Trinajstić information content (AvgIpc) is 2.50. The molecule has 23 heavy (non-hydrogen) atoms. The van der Waals surface area contributed by atoms with Crippen LogP contribution in [-0.2, 0) is 9.53 Å². The smallest absolute Gasteiger partial charge is 0.303 e. The van der Waals surface area contributed by atoms with E-state index in [-0.39, 0.29) is 22.8 Å². The van der Waals surface area contributed by atoms with Gasteiger partial charge in [-0.05, 0) is 29.8 Å².